The minimum absolute atomic E-state index is 0.146. The van der Waals surface area contributed by atoms with Gasteiger partial charge in [-0.1, -0.05) is 23.7 Å². The average Bonchev–Trinajstić information content (AvgIpc) is 2.95. The van der Waals surface area contributed by atoms with Crippen LogP contribution in [-0.2, 0) is 16.6 Å². The van der Waals surface area contributed by atoms with Crippen LogP contribution in [0.5, 0.6) is 0 Å². The van der Waals surface area contributed by atoms with E-state index in [-0.39, 0.29) is 29.0 Å². The monoisotopic (exact) mass is 567 g/mol. The van der Waals surface area contributed by atoms with Crippen molar-refractivity contribution in [3.05, 3.63) is 82.5 Å². The van der Waals surface area contributed by atoms with E-state index in [1.165, 1.54) is 22.5 Å². The lowest BCUT2D eigenvalue weighted by Gasteiger charge is -2.34. The molecule has 0 radical (unpaired) electrons. The number of nitrogens with one attached hydrogen (secondary N) is 2. The number of nitrogens with two attached hydrogens (primary N) is 1. The molecule has 204 valence electrons. The number of carbonyl (C=O) groups excluding carboxylic acids is 1. The lowest BCUT2D eigenvalue weighted by atomic mass is 10.1. The summed E-state index contributed by atoms with van der Waals surface area (Å²) in [6.07, 6.45) is 0.882. The van der Waals surface area contributed by atoms with Crippen molar-refractivity contribution in [1.82, 2.24) is 14.6 Å². The number of hydrogen-bond acceptors (Lipinski definition) is 8. The van der Waals surface area contributed by atoms with Crippen LogP contribution in [0.25, 0.3) is 0 Å². The first kappa shape index (κ1) is 28.5. The highest BCUT2D eigenvalue weighted by Gasteiger charge is 2.29. The Hall–Kier alpha value is -3.53. The summed E-state index contributed by atoms with van der Waals surface area (Å²) < 4.78 is 27.9. The van der Waals surface area contributed by atoms with E-state index in [1.807, 2.05) is 23.1 Å². The molecule has 1 aliphatic rings. The Labute approximate surface area is 233 Å². The maximum atomic E-state index is 13.2. The van der Waals surface area contributed by atoms with Crippen LogP contribution in [0.3, 0.4) is 0 Å². The van der Waals surface area contributed by atoms with E-state index in [1.54, 1.807) is 24.3 Å². The predicted molar refractivity (Wildman–Crippen MR) is 151 cm³/mol. The highest BCUT2D eigenvalue weighted by atomic mass is 35.5. The van der Waals surface area contributed by atoms with Gasteiger partial charge in [0.05, 0.1) is 16.5 Å². The molecule has 2 aromatic carbocycles. The number of nitriles is 1. The fraction of sp³-hybridized carbons (Fsp3) is 0.296. The van der Waals surface area contributed by atoms with Crippen LogP contribution in [0.1, 0.15) is 27.9 Å². The minimum atomic E-state index is -3.72. The number of hydrogen-bond donors (Lipinski definition) is 3. The van der Waals surface area contributed by atoms with E-state index in [4.69, 9.17) is 22.6 Å². The summed E-state index contributed by atoms with van der Waals surface area (Å²) in [5, 5.41) is 15.5. The third-order valence-electron chi connectivity index (χ3n) is 6.30. The Balaban J connectivity index is 1.35. The van der Waals surface area contributed by atoms with E-state index >= 15 is 0 Å². The minimum Gasteiger partial charge on any atom is -0.354 e. The summed E-state index contributed by atoms with van der Waals surface area (Å²) in [6, 6.07) is 18.7. The Bertz CT molecular complexity index is 1450. The Morgan fingerprint density at radius 1 is 1.08 bits per heavy atom. The van der Waals surface area contributed by atoms with Crippen molar-refractivity contribution >= 4 is 39.0 Å². The SMILES string of the molecule is N#Cc1cc(Cl)nc(N2CCN(S(=O)(=O)c3ccc(NC(=O)c4cccc(CNCCCN)c4)cc3)CC2)c1. The van der Waals surface area contributed by atoms with Crippen molar-refractivity contribution in [3.63, 3.8) is 0 Å². The number of anilines is 2. The second-order valence-electron chi connectivity index (χ2n) is 9.04. The molecule has 10 nitrogen and oxygen atoms in total. The summed E-state index contributed by atoms with van der Waals surface area (Å²) >= 11 is 6.02. The first-order valence-corrected chi connectivity index (χ1v) is 14.4. The number of pyridine rings is 1. The first-order valence-electron chi connectivity index (χ1n) is 12.5. The molecule has 0 aliphatic carbocycles. The van der Waals surface area contributed by atoms with Gasteiger partial charge in [0.1, 0.15) is 11.0 Å². The van der Waals surface area contributed by atoms with E-state index in [0.29, 0.717) is 48.8 Å². The van der Waals surface area contributed by atoms with Gasteiger partial charge in [-0.3, -0.25) is 4.79 Å². The van der Waals surface area contributed by atoms with Gasteiger partial charge in [-0.15, -0.1) is 0 Å². The van der Waals surface area contributed by atoms with Crippen molar-refractivity contribution in [2.75, 3.05) is 49.5 Å². The molecule has 4 rings (SSSR count). The highest BCUT2D eigenvalue weighted by Crippen LogP contribution is 2.23. The molecule has 0 bridgehead atoms. The molecule has 0 saturated carbocycles. The van der Waals surface area contributed by atoms with Gasteiger partial charge in [0.2, 0.25) is 10.0 Å². The van der Waals surface area contributed by atoms with Crippen LogP contribution in [0.2, 0.25) is 5.15 Å². The molecule has 1 aliphatic heterocycles. The van der Waals surface area contributed by atoms with Crippen molar-refractivity contribution in [2.45, 2.75) is 17.9 Å². The number of carbonyl (C=O) groups is 1. The fourth-order valence-electron chi connectivity index (χ4n) is 4.21. The molecule has 4 N–H and O–H groups in total. The summed E-state index contributed by atoms with van der Waals surface area (Å²) in [6.45, 7) is 3.40. The second kappa shape index (κ2) is 13.0. The second-order valence-corrected chi connectivity index (χ2v) is 11.4. The van der Waals surface area contributed by atoms with Crippen LogP contribution in [0, 0.1) is 11.3 Å². The summed E-state index contributed by atoms with van der Waals surface area (Å²) in [4.78, 5) is 19.1. The molecule has 39 heavy (non-hydrogen) atoms. The van der Waals surface area contributed by atoms with Gasteiger partial charge >= 0.3 is 0 Å². The van der Waals surface area contributed by atoms with E-state index in [9.17, 15) is 13.2 Å². The van der Waals surface area contributed by atoms with Gasteiger partial charge in [0, 0.05) is 44.0 Å². The van der Waals surface area contributed by atoms with Crippen LogP contribution < -0.4 is 21.3 Å². The summed E-state index contributed by atoms with van der Waals surface area (Å²) in [5.74, 6) is 0.268. The molecule has 3 aromatic rings. The van der Waals surface area contributed by atoms with Gasteiger partial charge < -0.3 is 21.3 Å². The number of nitrogens with zero attached hydrogens (tertiary/aromatic N) is 4. The molecule has 0 atom stereocenters. The first-order chi connectivity index (χ1) is 18.8. The number of amides is 1. The maximum absolute atomic E-state index is 13.2. The van der Waals surface area contributed by atoms with Crippen LogP contribution in [-0.4, -0.2) is 62.9 Å². The largest absolute Gasteiger partial charge is 0.354 e. The number of rotatable bonds is 10. The third kappa shape index (κ3) is 7.32. The molecule has 1 aromatic heterocycles. The van der Waals surface area contributed by atoms with E-state index in [2.05, 4.69) is 21.7 Å². The smallest absolute Gasteiger partial charge is 0.255 e. The lowest BCUT2D eigenvalue weighted by molar-refractivity contribution is 0.102. The van der Waals surface area contributed by atoms with Gasteiger partial charge in [-0.05, 0) is 73.6 Å². The number of benzene rings is 2. The summed E-state index contributed by atoms with van der Waals surface area (Å²) in [5.41, 5.74) is 7.90. The Morgan fingerprint density at radius 2 is 1.82 bits per heavy atom. The van der Waals surface area contributed by atoms with Gasteiger partial charge in [-0.2, -0.15) is 9.57 Å². The molecule has 1 amide bonds. The molecular formula is C27H30ClN7O3S. The van der Waals surface area contributed by atoms with Crippen LogP contribution in [0.15, 0.2) is 65.6 Å². The molecule has 1 fully saturated rings. The zero-order valence-corrected chi connectivity index (χ0v) is 22.9. The Morgan fingerprint density at radius 3 is 2.51 bits per heavy atom. The predicted octanol–water partition coefficient (Wildman–Crippen LogP) is 2.81. The number of piperazine rings is 1. The van der Waals surface area contributed by atoms with E-state index in [0.717, 1.165) is 18.5 Å². The van der Waals surface area contributed by atoms with Gasteiger partial charge in [0.25, 0.3) is 5.91 Å². The van der Waals surface area contributed by atoms with Crippen LogP contribution in [0.4, 0.5) is 11.5 Å². The van der Waals surface area contributed by atoms with Crippen molar-refractivity contribution in [2.24, 2.45) is 5.73 Å². The average molecular weight is 568 g/mol. The van der Waals surface area contributed by atoms with Gasteiger partial charge in [0.15, 0.2) is 0 Å². The van der Waals surface area contributed by atoms with Crippen molar-refractivity contribution in [3.8, 4) is 6.07 Å². The van der Waals surface area contributed by atoms with Gasteiger partial charge in [-0.25, -0.2) is 13.4 Å². The number of halogens is 1. The van der Waals surface area contributed by atoms with E-state index < -0.39 is 10.0 Å². The van der Waals surface area contributed by atoms with Crippen molar-refractivity contribution in [1.29, 1.82) is 5.26 Å². The molecular weight excluding hydrogens is 538 g/mol. The third-order valence-corrected chi connectivity index (χ3v) is 8.40. The zero-order chi connectivity index (χ0) is 27.8. The van der Waals surface area contributed by atoms with Crippen molar-refractivity contribution < 1.29 is 13.2 Å². The maximum Gasteiger partial charge on any atom is 0.255 e. The zero-order valence-electron chi connectivity index (χ0n) is 21.3. The standard InChI is InChI=1S/C27H30ClN7O3S/c28-25-16-21(18-30)17-26(33-25)34-11-13-35(14-12-34)39(37,38)24-7-5-23(6-8-24)32-27(36)22-4-1-3-20(15-22)19-31-10-2-9-29/h1,3-8,15-17,31H,2,9-14,19,29H2,(H,32,36). The molecule has 0 unspecified atom stereocenters. The normalized spacial score (nSPS) is 14.1. The molecule has 12 heteroatoms. The summed E-state index contributed by atoms with van der Waals surface area (Å²) in [7, 11) is -3.72. The molecule has 0 spiro atoms. The number of aromatic nitrogens is 1. The highest BCUT2D eigenvalue weighted by molar-refractivity contribution is 7.89. The number of sulfonamides is 1. The molecule has 1 saturated heterocycles. The lowest BCUT2D eigenvalue weighted by Crippen LogP contribution is -2.48. The topological polar surface area (TPSA) is 144 Å². The fourth-order valence-corrected chi connectivity index (χ4v) is 5.84. The van der Waals surface area contributed by atoms with Crippen LogP contribution >= 0.6 is 11.6 Å². The Kier molecular flexibility index (Phi) is 9.50. The quantitative estimate of drug-likeness (QED) is 0.250. The molecule has 2 heterocycles.